The van der Waals surface area contributed by atoms with Gasteiger partial charge in [0.05, 0.1) is 19.1 Å². The minimum Gasteiger partial charge on any atom is -0.497 e. The van der Waals surface area contributed by atoms with Crippen LogP contribution in [-0.2, 0) is 26.2 Å². The summed E-state index contributed by atoms with van der Waals surface area (Å²) in [5.74, 6) is -0.165. The molecule has 0 aliphatic rings. The van der Waals surface area contributed by atoms with Crippen LogP contribution in [0, 0.1) is 0 Å². The molecule has 30 heavy (non-hydrogen) atoms. The Morgan fingerprint density at radius 2 is 1.67 bits per heavy atom. The van der Waals surface area contributed by atoms with Crippen molar-refractivity contribution in [1.29, 1.82) is 0 Å². The van der Waals surface area contributed by atoms with E-state index in [0.717, 1.165) is 16.1 Å². The number of likely N-dealkylation sites (N-methyl/N-ethyl adjacent to an activating group) is 1. The first-order valence-corrected chi connectivity index (χ1v) is 11.2. The molecule has 0 saturated heterocycles. The summed E-state index contributed by atoms with van der Waals surface area (Å²) in [5, 5.41) is 2.53. The van der Waals surface area contributed by atoms with Gasteiger partial charge in [-0.3, -0.25) is 13.9 Å². The molecule has 2 rings (SSSR count). The predicted molar refractivity (Wildman–Crippen MR) is 116 cm³/mol. The molecular formula is C21H27N3O5S. The van der Waals surface area contributed by atoms with Gasteiger partial charge in [-0.2, -0.15) is 0 Å². The molecular weight excluding hydrogens is 406 g/mol. The molecule has 0 bridgehead atoms. The van der Waals surface area contributed by atoms with Crippen LogP contribution in [0.15, 0.2) is 54.6 Å². The van der Waals surface area contributed by atoms with Crippen molar-refractivity contribution in [2.24, 2.45) is 0 Å². The standard InChI is InChI=1S/C21H27N3O5S/c1-16(21(26)22-2)23(14-17-10-12-19(29-3)13-11-17)20(25)15-24(30(4,27)28)18-8-6-5-7-9-18/h5-13,16H,14-15H2,1-4H3,(H,22,26). The lowest BCUT2D eigenvalue weighted by atomic mass is 10.1. The maximum Gasteiger partial charge on any atom is 0.244 e. The first-order chi connectivity index (χ1) is 14.2. The highest BCUT2D eigenvalue weighted by Gasteiger charge is 2.29. The Labute approximate surface area is 177 Å². The van der Waals surface area contributed by atoms with Gasteiger partial charge in [-0.05, 0) is 36.8 Å². The summed E-state index contributed by atoms with van der Waals surface area (Å²) in [6.45, 7) is 1.33. The van der Waals surface area contributed by atoms with Crippen LogP contribution in [0.2, 0.25) is 0 Å². The van der Waals surface area contributed by atoms with Crippen molar-refractivity contribution in [3.8, 4) is 5.75 Å². The Hall–Kier alpha value is -3.07. The molecule has 0 saturated carbocycles. The van der Waals surface area contributed by atoms with Crippen LogP contribution >= 0.6 is 0 Å². The van der Waals surface area contributed by atoms with E-state index in [9.17, 15) is 18.0 Å². The average molecular weight is 434 g/mol. The fraction of sp³-hybridized carbons (Fsp3) is 0.333. The number of anilines is 1. The second kappa shape index (κ2) is 10.1. The van der Waals surface area contributed by atoms with Gasteiger partial charge in [0.2, 0.25) is 21.8 Å². The Morgan fingerprint density at radius 3 is 2.17 bits per heavy atom. The van der Waals surface area contributed by atoms with Crippen molar-refractivity contribution >= 4 is 27.5 Å². The van der Waals surface area contributed by atoms with E-state index in [0.29, 0.717) is 11.4 Å². The number of benzene rings is 2. The second-order valence-electron chi connectivity index (χ2n) is 6.77. The quantitative estimate of drug-likeness (QED) is 0.648. The Bertz CT molecular complexity index is 962. The third-order valence-corrected chi connectivity index (χ3v) is 5.79. The van der Waals surface area contributed by atoms with E-state index in [-0.39, 0.29) is 12.5 Å². The Balaban J connectivity index is 2.33. The number of hydrogen-bond acceptors (Lipinski definition) is 5. The van der Waals surface area contributed by atoms with Crippen molar-refractivity contribution in [3.63, 3.8) is 0 Å². The van der Waals surface area contributed by atoms with E-state index in [1.165, 1.54) is 11.9 Å². The molecule has 2 amide bonds. The number of carbonyl (C=O) groups is 2. The van der Waals surface area contributed by atoms with Gasteiger partial charge in [-0.1, -0.05) is 30.3 Å². The van der Waals surface area contributed by atoms with Gasteiger partial charge in [-0.25, -0.2) is 8.42 Å². The highest BCUT2D eigenvalue weighted by Crippen LogP contribution is 2.19. The molecule has 0 heterocycles. The number of nitrogens with zero attached hydrogens (tertiary/aromatic N) is 2. The lowest BCUT2D eigenvalue weighted by molar-refractivity contribution is -0.139. The van der Waals surface area contributed by atoms with Crippen LogP contribution in [0.3, 0.4) is 0 Å². The van der Waals surface area contributed by atoms with Gasteiger partial charge < -0.3 is 15.0 Å². The monoisotopic (exact) mass is 433 g/mol. The summed E-state index contributed by atoms with van der Waals surface area (Å²) in [5.41, 5.74) is 1.16. The zero-order valence-electron chi connectivity index (χ0n) is 17.5. The summed E-state index contributed by atoms with van der Waals surface area (Å²) < 4.78 is 30.9. The van der Waals surface area contributed by atoms with Gasteiger partial charge in [0, 0.05) is 13.6 Å². The van der Waals surface area contributed by atoms with Crippen LogP contribution < -0.4 is 14.4 Å². The van der Waals surface area contributed by atoms with Crippen molar-refractivity contribution in [1.82, 2.24) is 10.2 Å². The number of nitrogens with one attached hydrogen (secondary N) is 1. The number of para-hydroxylation sites is 1. The zero-order valence-corrected chi connectivity index (χ0v) is 18.3. The molecule has 1 N–H and O–H groups in total. The van der Waals surface area contributed by atoms with Gasteiger partial charge in [0.1, 0.15) is 18.3 Å². The largest absolute Gasteiger partial charge is 0.497 e. The van der Waals surface area contributed by atoms with E-state index in [1.54, 1.807) is 68.6 Å². The number of rotatable bonds is 9. The van der Waals surface area contributed by atoms with E-state index in [1.807, 2.05) is 0 Å². The minimum atomic E-state index is -3.71. The third-order valence-electron chi connectivity index (χ3n) is 4.65. The average Bonchev–Trinajstić information content (AvgIpc) is 2.74. The summed E-state index contributed by atoms with van der Waals surface area (Å²) >= 11 is 0. The molecule has 0 radical (unpaired) electrons. The number of methoxy groups -OCH3 is 1. The molecule has 1 unspecified atom stereocenters. The molecule has 1 atom stereocenters. The van der Waals surface area contributed by atoms with Crippen LogP contribution in [0.25, 0.3) is 0 Å². The van der Waals surface area contributed by atoms with Crippen molar-refractivity contribution in [3.05, 3.63) is 60.2 Å². The van der Waals surface area contributed by atoms with Crippen molar-refractivity contribution < 1.29 is 22.7 Å². The van der Waals surface area contributed by atoms with Crippen molar-refractivity contribution in [2.75, 3.05) is 31.3 Å². The van der Waals surface area contributed by atoms with Gasteiger partial charge >= 0.3 is 0 Å². The molecule has 2 aromatic carbocycles. The Morgan fingerprint density at radius 1 is 1.07 bits per heavy atom. The van der Waals surface area contributed by atoms with E-state index < -0.39 is 28.5 Å². The van der Waals surface area contributed by atoms with Gasteiger partial charge in [-0.15, -0.1) is 0 Å². The maximum absolute atomic E-state index is 13.2. The Kier molecular flexibility index (Phi) is 7.82. The number of carbonyl (C=O) groups excluding carboxylic acids is 2. The first kappa shape index (κ1) is 23.2. The van der Waals surface area contributed by atoms with Gasteiger partial charge in [0.25, 0.3) is 0 Å². The molecule has 8 nitrogen and oxygen atoms in total. The third kappa shape index (κ3) is 5.96. The van der Waals surface area contributed by atoms with E-state index in [2.05, 4.69) is 5.32 Å². The molecule has 0 fully saturated rings. The molecule has 0 aromatic heterocycles. The number of amides is 2. The van der Waals surface area contributed by atoms with Crippen LogP contribution in [-0.4, -0.2) is 58.1 Å². The van der Waals surface area contributed by atoms with Crippen molar-refractivity contribution in [2.45, 2.75) is 19.5 Å². The van der Waals surface area contributed by atoms with Crippen LogP contribution in [0.5, 0.6) is 5.75 Å². The summed E-state index contributed by atoms with van der Waals surface area (Å²) in [6.07, 6.45) is 1.04. The summed E-state index contributed by atoms with van der Waals surface area (Å²) in [4.78, 5) is 26.8. The minimum absolute atomic E-state index is 0.143. The first-order valence-electron chi connectivity index (χ1n) is 9.34. The van der Waals surface area contributed by atoms with Gasteiger partial charge in [0.15, 0.2) is 0 Å². The SMILES string of the molecule is CNC(=O)C(C)N(Cc1ccc(OC)cc1)C(=O)CN(c1ccccc1)S(C)(=O)=O. The maximum atomic E-state index is 13.2. The topological polar surface area (TPSA) is 96.0 Å². The molecule has 0 spiro atoms. The predicted octanol–water partition coefficient (Wildman–Crippen LogP) is 1.62. The normalized spacial score (nSPS) is 12.0. The number of hydrogen-bond donors (Lipinski definition) is 1. The summed E-state index contributed by atoms with van der Waals surface area (Å²) in [6, 6.07) is 14.7. The highest BCUT2D eigenvalue weighted by molar-refractivity contribution is 7.92. The van der Waals surface area contributed by atoms with E-state index in [4.69, 9.17) is 4.74 Å². The molecule has 9 heteroatoms. The lowest BCUT2D eigenvalue weighted by Gasteiger charge is -2.31. The zero-order chi connectivity index (χ0) is 22.3. The number of ether oxygens (including phenoxy) is 1. The van der Waals surface area contributed by atoms with Crippen LogP contribution in [0.4, 0.5) is 5.69 Å². The second-order valence-corrected chi connectivity index (χ2v) is 8.67. The smallest absolute Gasteiger partial charge is 0.244 e. The van der Waals surface area contributed by atoms with E-state index >= 15 is 0 Å². The van der Waals surface area contributed by atoms with Crippen LogP contribution in [0.1, 0.15) is 12.5 Å². The fourth-order valence-electron chi connectivity index (χ4n) is 2.93. The molecule has 0 aliphatic heterocycles. The molecule has 0 aliphatic carbocycles. The fourth-order valence-corrected chi connectivity index (χ4v) is 3.78. The highest BCUT2D eigenvalue weighted by atomic mass is 32.2. The molecule has 2 aromatic rings. The lowest BCUT2D eigenvalue weighted by Crippen LogP contribution is -2.50. The number of sulfonamides is 1. The summed E-state index contributed by atoms with van der Waals surface area (Å²) in [7, 11) is -0.666. The molecule has 162 valence electrons.